The Hall–Kier alpha value is -3.48. The van der Waals surface area contributed by atoms with Gasteiger partial charge in [0.05, 0.1) is 5.56 Å². The van der Waals surface area contributed by atoms with Gasteiger partial charge in [0, 0.05) is 23.9 Å². The number of rotatable bonds is 4. The lowest BCUT2D eigenvalue weighted by molar-refractivity contribution is 0.0962. The van der Waals surface area contributed by atoms with E-state index in [2.05, 4.69) is 25.8 Å². The summed E-state index contributed by atoms with van der Waals surface area (Å²) in [5.41, 5.74) is 3.13. The number of anilines is 1. The van der Waals surface area contributed by atoms with E-state index in [1.54, 1.807) is 43.4 Å². The first-order valence-electron chi connectivity index (χ1n) is 7.69. The van der Waals surface area contributed by atoms with Crippen molar-refractivity contribution < 1.29 is 9.59 Å². The van der Waals surface area contributed by atoms with Crippen molar-refractivity contribution >= 4 is 17.5 Å². The molecule has 0 unspecified atom stereocenters. The van der Waals surface area contributed by atoms with Crippen LogP contribution in [0.4, 0.5) is 5.69 Å². The number of benzene rings is 2. The van der Waals surface area contributed by atoms with E-state index in [1.165, 1.54) is 6.33 Å². The molecule has 0 radical (unpaired) electrons. The van der Waals surface area contributed by atoms with Crippen LogP contribution in [0.1, 0.15) is 26.3 Å². The quantitative estimate of drug-likeness (QED) is 0.681. The fourth-order valence-corrected chi connectivity index (χ4v) is 2.50. The maximum atomic E-state index is 12.7. The molecule has 0 fully saturated rings. The van der Waals surface area contributed by atoms with Gasteiger partial charge >= 0.3 is 0 Å². The average molecular weight is 335 g/mol. The van der Waals surface area contributed by atoms with E-state index in [4.69, 9.17) is 0 Å². The van der Waals surface area contributed by atoms with Gasteiger partial charge in [-0.15, -0.1) is 0 Å². The molecule has 0 aliphatic heterocycles. The van der Waals surface area contributed by atoms with Crippen LogP contribution in [0.5, 0.6) is 0 Å². The van der Waals surface area contributed by atoms with Crippen LogP contribution < -0.4 is 10.6 Å². The Morgan fingerprint density at radius 2 is 1.88 bits per heavy atom. The summed E-state index contributed by atoms with van der Waals surface area (Å²) in [6, 6.07) is 12.3. The number of aromatic nitrogens is 3. The van der Waals surface area contributed by atoms with Crippen molar-refractivity contribution in [1.82, 2.24) is 20.5 Å². The van der Waals surface area contributed by atoms with Gasteiger partial charge in [-0.05, 0) is 36.8 Å². The number of carbonyl (C=O) groups excluding carboxylic acids is 2. The Balaban J connectivity index is 1.88. The molecule has 0 aliphatic carbocycles. The number of aromatic amines is 1. The van der Waals surface area contributed by atoms with Gasteiger partial charge in [0.15, 0.2) is 5.82 Å². The van der Waals surface area contributed by atoms with E-state index in [0.29, 0.717) is 28.2 Å². The molecule has 1 aromatic heterocycles. The molecule has 2 amide bonds. The van der Waals surface area contributed by atoms with E-state index >= 15 is 0 Å². The van der Waals surface area contributed by atoms with Gasteiger partial charge in [0.2, 0.25) is 0 Å². The van der Waals surface area contributed by atoms with Crippen LogP contribution in [0.15, 0.2) is 48.8 Å². The van der Waals surface area contributed by atoms with Gasteiger partial charge in [-0.1, -0.05) is 18.2 Å². The Kier molecular flexibility index (Phi) is 4.56. The smallest absolute Gasteiger partial charge is 0.256 e. The van der Waals surface area contributed by atoms with Crippen LogP contribution in [-0.2, 0) is 0 Å². The zero-order chi connectivity index (χ0) is 17.8. The van der Waals surface area contributed by atoms with Crippen molar-refractivity contribution in [1.29, 1.82) is 0 Å². The first kappa shape index (κ1) is 16.4. The predicted octanol–water partition coefficient (Wildman–Crippen LogP) is 2.39. The van der Waals surface area contributed by atoms with E-state index in [-0.39, 0.29) is 11.8 Å². The summed E-state index contributed by atoms with van der Waals surface area (Å²) in [6.07, 6.45) is 1.39. The Morgan fingerprint density at radius 1 is 1.08 bits per heavy atom. The summed E-state index contributed by atoms with van der Waals surface area (Å²) in [5, 5.41) is 12.0. The van der Waals surface area contributed by atoms with Gasteiger partial charge in [0.25, 0.3) is 11.8 Å². The van der Waals surface area contributed by atoms with Crippen LogP contribution in [0.2, 0.25) is 0 Å². The number of amides is 2. The molecule has 3 N–H and O–H groups in total. The lowest BCUT2D eigenvalue weighted by atomic mass is 10.1. The lowest BCUT2D eigenvalue weighted by Crippen LogP contribution is -2.18. The number of H-pyrrole nitrogens is 1. The molecule has 25 heavy (non-hydrogen) atoms. The molecule has 7 heteroatoms. The molecular formula is C18H17N5O2. The van der Waals surface area contributed by atoms with E-state index < -0.39 is 0 Å². The van der Waals surface area contributed by atoms with Crippen molar-refractivity contribution in [2.45, 2.75) is 6.92 Å². The topological polar surface area (TPSA) is 99.8 Å². The van der Waals surface area contributed by atoms with E-state index in [1.807, 2.05) is 13.0 Å². The predicted molar refractivity (Wildman–Crippen MR) is 94.3 cm³/mol. The van der Waals surface area contributed by atoms with Gasteiger partial charge in [0.1, 0.15) is 6.33 Å². The highest BCUT2D eigenvalue weighted by Crippen LogP contribution is 2.22. The van der Waals surface area contributed by atoms with Gasteiger partial charge in [-0.25, -0.2) is 4.98 Å². The second-order valence-corrected chi connectivity index (χ2v) is 5.44. The molecule has 0 saturated carbocycles. The molecular weight excluding hydrogens is 318 g/mol. The van der Waals surface area contributed by atoms with E-state index in [0.717, 1.165) is 5.56 Å². The number of hydrogen-bond acceptors (Lipinski definition) is 4. The van der Waals surface area contributed by atoms with Gasteiger partial charge in [-0.2, -0.15) is 5.10 Å². The third kappa shape index (κ3) is 3.40. The van der Waals surface area contributed by atoms with Crippen molar-refractivity contribution in [3.63, 3.8) is 0 Å². The highest BCUT2D eigenvalue weighted by molar-refractivity contribution is 6.08. The minimum Gasteiger partial charge on any atom is -0.355 e. The zero-order valence-electron chi connectivity index (χ0n) is 13.8. The third-order valence-electron chi connectivity index (χ3n) is 3.81. The molecule has 0 bridgehead atoms. The van der Waals surface area contributed by atoms with Crippen LogP contribution in [0.3, 0.4) is 0 Å². The maximum Gasteiger partial charge on any atom is 0.256 e. The Bertz CT molecular complexity index is 919. The summed E-state index contributed by atoms with van der Waals surface area (Å²) in [7, 11) is 1.58. The fourth-order valence-electron chi connectivity index (χ4n) is 2.50. The number of nitrogens with zero attached hydrogens (tertiary/aromatic N) is 2. The van der Waals surface area contributed by atoms with Gasteiger partial charge < -0.3 is 10.6 Å². The summed E-state index contributed by atoms with van der Waals surface area (Å²) < 4.78 is 0. The molecule has 7 nitrogen and oxygen atoms in total. The van der Waals surface area contributed by atoms with Crippen molar-refractivity contribution in [3.8, 4) is 11.4 Å². The summed E-state index contributed by atoms with van der Waals surface area (Å²) in [6.45, 7) is 1.84. The van der Waals surface area contributed by atoms with Crippen molar-refractivity contribution in [3.05, 3.63) is 65.5 Å². The second kappa shape index (κ2) is 6.96. The highest BCUT2D eigenvalue weighted by atomic mass is 16.2. The molecule has 0 spiro atoms. The Labute approximate surface area is 144 Å². The standard InChI is InChI=1S/C18H17N5O2/c1-11-9-12(17(24)19-2)7-8-15(11)22-18(25)14-6-4-3-5-13(14)16-20-10-21-23-16/h3-10H,1-2H3,(H,19,24)(H,22,25)(H,20,21,23). The summed E-state index contributed by atoms with van der Waals surface area (Å²) in [5.74, 6) is 0.0943. The maximum absolute atomic E-state index is 12.7. The first-order valence-corrected chi connectivity index (χ1v) is 7.69. The van der Waals surface area contributed by atoms with Crippen LogP contribution in [-0.4, -0.2) is 34.0 Å². The first-order chi connectivity index (χ1) is 12.1. The highest BCUT2D eigenvalue weighted by Gasteiger charge is 2.15. The van der Waals surface area contributed by atoms with Gasteiger partial charge in [-0.3, -0.25) is 14.7 Å². The second-order valence-electron chi connectivity index (χ2n) is 5.44. The number of nitrogens with one attached hydrogen (secondary N) is 3. The SMILES string of the molecule is CNC(=O)c1ccc(NC(=O)c2ccccc2-c2ncn[nH]2)c(C)c1. The summed E-state index contributed by atoms with van der Waals surface area (Å²) >= 11 is 0. The number of hydrogen-bond donors (Lipinski definition) is 3. The minimum atomic E-state index is -0.261. The molecule has 0 saturated heterocycles. The fraction of sp³-hybridized carbons (Fsp3) is 0.111. The molecule has 1 heterocycles. The molecule has 126 valence electrons. The Morgan fingerprint density at radius 3 is 2.56 bits per heavy atom. The average Bonchev–Trinajstić information content (AvgIpc) is 3.17. The van der Waals surface area contributed by atoms with Crippen LogP contribution >= 0.6 is 0 Å². The third-order valence-corrected chi connectivity index (χ3v) is 3.81. The van der Waals surface area contributed by atoms with Crippen LogP contribution in [0, 0.1) is 6.92 Å². The molecule has 2 aromatic carbocycles. The molecule has 3 aromatic rings. The molecule has 0 atom stereocenters. The normalized spacial score (nSPS) is 10.3. The molecule has 0 aliphatic rings. The zero-order valence-corrected chi connectivity index (χ0v) is 13.8. The monoisotopic (exact) mass is 335 g/mol. The van der Waals surface area contributed by atoms with E-state index in [9.17, 15) is 9.59 Å². The minimum absolute atomic E-state index is 0.170. The largest absolute Gasteiger partial charge is 0.355 e. The van der Waals surface area contributed by atoms with Crippen LogP contribution in [0.25, 0.3) is 11.4 Å². The number of aryl methyl sites for hydroxylation is 1. The summed E-state index contributed by atoms with van der Waals surface area (Å²) in [4.78, 5) is 28.5. The van der Waals surface area contributed by atoms with Crippen molar-refractivity contribution in [2.75, 3.05) is 12.4 Å². The lowest BCUT2D eigenvalue weighted by Gasteiger charge is -2.11. The molecule has 3 rings (SSSR count). The number of carbonyl (C=O) groups is 2. The van der Waals surface area contributed by atoms with Crippen molar-refractivity contribution in [2.24, 2.45) is 0 Å².